The predicted octanol–water partition coefficient (Wildman–Crippen LogP) is 6.99. The number of anilines is 1. The summed E-state index contributed by atoms with van der Waals surface area (Å²) in [6.45, 7) is 6.56. The molecule has 0 bridgehead atoms. The molecule has 2 atom stereocenters. The summed E-state index contributed by atoms with van der Waals surface area (Å²) in [5, 5.41) is 4.27. The smallest absolute Gasteiger partial charge is 0.174 e. The lowest BCUT2D eigenvalue weighted by Gasteiger charge is -2.28. The minimum Gasteiger partial charge on any atom is -0.351 e. The Hall–Kier alpha value is -2.96. The van der Waals surface area contributed by atoms with E-state index in [2.05, 4.69) is 117 Å². The van der Waals surface area contributed by atoms with E-state index in [-0.39, 0.29) is 12.1 Å². The van der Waals surface area contributed by atoms with Crippen LogP contribution < -0.4 is 10.2 Å². The third kappa shape index (κ3) is 4.05. The lowest BCUT2D eigenvalue weighted by molar-refractivity contribution is 0.565. The number of hydrogen-bond acceptors (Lipinski definition) is 2. The van der Waals surface area contributed by atoms with Crippen LogP contribution in [0.4, 0.5) is 5.69 Å². The average molecular weight is 532 g/mol. The first-order valence-corrected chi connectivity index (χ1v) is 12.7. The molecule has 1 fully saturated rings. The molecule has 2 unspecified atom stereocenters. The maximum Gasteiger partial charge on any atom is 0.174 e. The molecule has 4 nitrogen and oxygen atoms in total. The summed E-state index contributed by atoms with van der Waals surface area (Å²) in [4.78, 5) is 6.92. The molecular formula is C28H27BrN4S. The van der Waals surface area contributed by atoms with Crippen LogP contribution in [0.15, 0.2) is 83.5 Å². The fraction of sp³-hybridized carbons (Fsp3) is 0.214. The molecule has 5 rings (SSSR count). The van der Waals surface area contributed by atoms with Gasteiger partial charge in [0.25, 0.3) is 0 Å². The van der Waals surface area contributed by atoms with Crippen LogP contribution in [-0.4, -0.2) is 14.7 Å². The van der Waals surface area contributed by atoms with Crippen LogP contribution in [-0.2, 0) is 6.42 Å². The average Bonchev–Trinajstić information content (AvgIpc) is 3.35. The molecule has 0 spiro atoms. The maximum atomic E-state index is 5.88. The van der Waals surface area contributed by atoms with Gasteiger partial charge in [0, 0.05) is 33.4 Å². The first-order valence-electron chi connectivity index (χ1n) is 11.5. The molecular weight excluding hydrogens is 504 g/mol. The minimum atomic E-state index is -0.0613. The third-order valence-electron chi connectivity index (χ3n) is 6.59. The lowest BCUT2D eigenvalue weighted by Crippen LogP contribution is -2.29. The maximum absolute atomic E-state index is 5.88. The second-order valence-electron chi connectivity index (χ2n) is 8.65. The summed E-state index contributed by atoms with van der Waals surface area (Å²) in [6.07, 6.45) is 2.88. The SMILES string of the molecule is CCc1ccc(-n2c(C)cc(C3C(c4ccccn4)NC(=S)N3c3ccc(Br)cc3)c2C)cc1. The highest BCUT2D eigenvalue weighted by Crippen LogP contribution is 2.43. The van der Waals surface area contributed by atoms with Crippen LogP contribution in [0.2, 0.25) is 0 Å². The van der Waals surface area contributed by atoms with Crippen molar-refractivity contribution in [3.8, 4) is 5.69 Å². The summed E-state index contributed by atoms with van der Waals surface area (Å²) < 4.78 is 3.38. The molecule has 0 aliphatic carbocycles. The predicted molar refractivity (Wildman–Crippen MR) is 147 cm³/mol. The largest absolute Gasteiger partial charge is 0.351 e. The van der Waals surface area contributed by atoms with E-state index in [1.54, 1.807) is 0 Å². The van der Waals surface area contributed by atoms with Gasteiger partial charge in [-0.2, -0.15) is 0 Å². The fourth-order valence-corrected chi connectivity index (χ4v) is 5.53. The Morgan fingerprint density at radius 2 is 1.68 bits per heavy atom. The van der Waals surface area contributed by atoms with Crippen LogP contribution in [0.25, 0.3) is 5.69 Å². The summed E-state index contributed by atoms with van der Waals surface area (Å²) in [7, 11) is 0. The summed E-state index contributed by atoms with van der Waals surface area (Å²) >= 11 is 9.44. The molecule has 3 heterocycles. The van der Waals surface area contributed by atoms with Crippen LogP contribution in [0, 0.1) is 13.8 Å². The van der Waals surface area contributed by atoms with E-state index in [4.69, 9.17) is 12.2 Å². The Labute approximate surface area is 214 Å². The number of aromatic nitrogens is 2. The van der Waals surface area contributed by atoms with Gasteiger partial charge in [-0.15, -0.1) is 0 Å². The van der Waals surface area contributed by atoms with Crippen molar-refractivity contribution >= 4 is 38.9 Å². The van der Waals surface area contributed by atoms with Gasteiger partial charge in [0.05, 0.1) is 17.8 Å². The first kappa shape index (κ1) is 22.8. The first-order chi connectivity index (χ1) is 16.5. The van der Waals surface area contributed by atoms with E-state index in [1.807, 2.05) is 18.3 Å². The number of hydrogen-bond donors (Lipinski definition) is 1. The highest BCUT2D eigenvalue weighted by molar-refractivity contribution is 9.10. The van der Waals surface area contributed by atoms with Crippen LogP contribution in [0.1, 0.15) is 47.2 Å². The Bertz CT molecular complexity index is 1310. The van der Waals surface area contributed by atoms with Crippen molar-refractivity contribution in [3.05, 3.63) is 112 Å². The Kier molecular flexibility index (Phi) is 6.28. The van der Waals surface area contributed by atoms with E-state index in [0.29, 0.717) is 5.11 Å². The summed E-state index contributed by atoms with van der Waals surface area (Å²) in [5.74, 6) is 0. The number of aryl methyl sites for hydroxylation is 2. The summed E-state index contributed by atoms with van der Waals surface area (Å²) in [5.41, 5.74) is 8.20. The van der Waals surface area contributed by atoms with Gasteiger partial charge in [0.1, 0.15) is 0 Å². The second kappa shape index (κ2) is 9.35. The van der Waals surface area contributed by atoms with Gasteiger partial charge >= 0.3 is 0 Å². The van der Waals surface area contributed by atoms with Crippen molar-refractivity contribution in [2.45, 2.75) is 39.3 Å². The molecule has 1 aliphatic heterocycles. The molecule has 1 aliphatic rings. The van der Waals surface area contributed by atoms with Gasteiger partial charge in [-0.05, 0) is 98.2 Å². The number of rotatable bonds is 5. The monoisotopic (exact) mass is 530 g/mol. The van der Waals surface area contributed by atoms with Gasteiger partial charge in [-0.3, -0.25) is 4.98 Å². The molecule has 1 N–H and O–H groups in total. The topological polar surface area (TPSA) is 33.1 Å². The third-order valence-corrected chi connectivity index (χ3v) is 7.44. The van der Waals surface area contributed by atoms with Gasteiger partial charge in [0.15, 0.2) is 5.11 Å². The minimum absolute atomic E-state index is 0.0292. The highest BCUT2D eigenvalue weighted by atomic mass is 79.9. The van der Waals surface area contributed by atoms with Gasteiger partial charge in [-0.25, -0.2) is 0 Å². The van der Waals surface area contributed by atoms with Crippen molar-refractivity contribution in [3.63, 3.8) is 0 Å². The van der Waals surface area contributed by atoms with E-state index in [1.165, 1.54) is 28.2 Å². The van der Waals surface area contributed by atoms with Crippen molar-refractivity contribution in [2.24, 2.45) is 0 Å². The fourth-order valence-electron chi connectivity index (χ4n) is 4.92. The van der Waals surface area contributed by atoms with E-state index in [0.717, 1.165) is 22.3 Å². The second-order valence-corrected chi connectivity index (χ2v) is 9.96. The zero-order valence-electron chi connectivity index (χ0n) is 19.5. The molecule has 0 radical (unpaired) electrons. The quantitative estimate of drug-likeness (QED) is 0.282. The Morgan fingerprint density at radius 1 is 0.971 bits per heavy atom. The molecule has 2 aromatic carbocycles. The molecule has 1 saturated heterocycles. The van der Waals surface area contributed by atoms with Gasteiger partial charge in [0.2, 0.25) is 0 Å². The van der Waals surface area contributed by atoms with E-state index >= 15 is 0 Å². The Morgan fingerprint density at radius 3 is 2.32 bits per heavy atom. The van der Waals surface area contributed by atoms with Crippen molar-refractivity contribution < 1.29 is 0 Å². The van der Waals surface area contributed by atoms with Crippen molar-refractivity contribution in [1.82, 2.24) is 14.9 Å². The normalized spacial score (nSPS) is 17.8. The van der Waals surface area contributed by atoms with Crippen LogP contribution >= 0.6 is 28.1 Å². The van der Waals surface area contributed by atoms with Crippen molar-refractivity contribution in [1.29, 1.82) is 0 Å². The standard InChI is InChI=1S/C28H27BrN4S/c1-4-20-8-12-22(13-9-20)32-18(2)17-24(19(32)3)27-26(25-7-5-6-16-30-25)31-28(34)33(27)23-14-10-21(29)11-15-23/h5-17,26-27H,4H2,1-3H3,(H,31,34). The number of nitrogens with zero attached hydrogens (tertiary/aromatic N) is 3. The van der Waals surface area contributed by atoms with Gasteiger partial charge in [-0.1, -0.05) is 41.1 Å². The molecule has 2 aromatic heterocycles. The Balaban J connectivity index is 1.65. The van der Waals surface area contributed by atoms with Crippen molar-refractivity contribution in [2.75, 3.05) is 4.90 Å². The number of benzene rings is 2. The van der Waals surface area contributed by atoms with Crippen LogP contribution in [0.5, 0.6) is 0 Å². The molecule has 0 saturated carbocycles. The number of nitrogens with one attached hydrogen (secondary N) is 1. The molecule has 34 heavy (non-hydrogen) atoms. The highest BCUT2D eigenvalue weighted by Gasteiger charge is 2.42. The molecule has 6 heteroatoms. The lowest BCUT2D eigenvalue weighted by atomic mass is 9.96. The van der Waals surface area contributed by atoms with E-state index < -0.39 is 0 Å². The zero-order valence-corrected chi connectivity index (χ0v) is 21.9. The number of pyridine rings is 1. The van der Waals surface area contributed by atoms with Gasteiger partial charge < -0.3 is 14.8 Å². The molecule has 4 aromatic rings. The summed E-state index contributed by atoms with van der Waals surface area (Å²) in [6, 6.07) is 25.4. The number of thiocarbonyl (C=S) groups is 1. The van der Waals surface area contributed by atoms with E-state index in [9.17, 15) is 0 Å². The number of halogens is 1. The van der Waals surface area contributed by atoms with Crippen LogP contribution in [0.3, 0.4) is 0 Å². The molecule has 0 amide bonds. The molecule has 172 valence electrons. The zero-order chi connectivity index (χ0) is 23.8.